The summed E-state index contributed by atoms with van der Waals surface area (Å²) in [4.78, 5) is 37.7. The van der Waals surface area contributed by atoms with Gasteiger partial charge in [-0.1, -0.05) is 49.1 Å². The number of aromatic nitrogens is 1. The highest BCUT2D eigenvalue weighted by atomic mass is 35.5. The summed E-state index contributed by atoms with van der Waals surface area (Å²) in [5.41, 5.74) is 0.172. The minimum absolute atomic E-state index is 0.157. The van der Waals surface area contributed by atoms with Crippen LogP contribution < -0.4 is 10.6 Å². The molecule has 8 nitrogen and oxygen atoms in total. The Morgan fingerprint density at radius 3 is 2.43 bits per heavy atom. The first-order chi connectivity index (χ1) is 14.1. The van der Waals surface area contributed by atoms with Gasteiger partial charge in [-0.25, -0.2) is 4.79 Å². The lowest BCUT2D eigenvalue weighted by molar-refractivity contribution is -0.157. The van der Waals surface area contributed by atoms with Crippen molar-refractivity contribution in [1.82, 2.24) is 10.5 Å². The minimum Gasteiger partial charge on any atom is -0.451 e. The fourth-order valence-corrected chi connectivity index (χ4v) is 3.05. The molecule has 0 aliphatic rings. The molecule has 30 heavy (non-hydrogen) atoms. The standard InChI is InChI=1S/C20H23Cl2N3O5/c1-5-15(19(27)23-16-8-11(4)30-25-16)29-20(28)17(10(2)3)24-18(26)13-7-6-12(21)9-14(13)22/h6-10,15,17H,5H2,1-4H3,(H,24,26)(H,23,25,27)/t15-,17-/m0/s1. The van der Waals surface area contributed by atoms with Crippen LogP contribution in [0.5, 0.6) is 0 Å². The Morgan fingerprint density at radius 2 is 1.90 bits per heavy atom. The van der Waals surface area contributed by atoms with Gasteiger partial charge < -0.3 is 19.9 Å². The number of ether oxygens (including phenoxy) is 1. The zero-order valence-electron chi connectivity index (χ0n) is 17.0. The van der Waals surface area contributed by atoms with Gasteiger partial charge in [-0.2, -0.15) is 0 Å². The number of rotatable bonds is 8. The number of halogens is 2. The van der Waals surface area contributed by atoms with Crippen molar-refractivity contribution in [3.63, 3.8) is 0 Å². The van der Waals surface area contributed by atoms with Crippen LogP contribution in [-0.2, 0) is 14.3 Å². The monoisotopic (exact) mass is 455 g/mol. The second-order valence-corrected chi connectivity index (χ2v) is 7.81. The molecular formula is C20H23Cl2N3O5. The summed E-state index contributed by atoms with van der Waals surface area (Å²) in [5.74, 6) is -1.39. The van der Waals surface area contributed by atoms with E-state index < -0.39 is 29.9 Å². The number of aryl methyl sites for hydroxylation is 1. The summed E-state index contributed by atoms with van der Waals surface area (Å²) in [7, 11) is 0. The van der Waals surface area contributed by atoms with Crippen molar-refractivity contribution in [2.45, 2.75) is 46.3 Å². The van der Waals surface area contributed by atoms with Crippen LogP contribution in [0, 0.1) is 12.8 Å². The maximum atomic E-state index is 12.7. The van der Waals surface area contributed by atoms with Gasteiger partial charge in [-0.3, -0.25) is 9.59 Å². The Bertz CT molecular complexity index is 929. The molecule has 2 atom stereocenters. The van der Waals surface area contributed by atoms with Gasteiger partial charge in [0.15, 0.2) is 11.9 Å². The topological polar surface area (TPSA) is 111 Å². The number of hydrogen-bond acceptors (Lipinski definition) is 6. The molecule has 2 aromatic rings. The third-order valence-electron chi connectivity index (χ3n) is 4.18. The quantitative estimate of drug-likeness (QED) is 0.581. The average molecular weight is 456 g/mol. The molecule has 0 bridgehead atoms. The number of nitrogens with one attached hydrogen (secondary N) is 2. The molecule has 1 aromatic heterocycles. The van der Waals surface area contributed by atoms with Crippen molar-refractivity contribution >= 4 is 46.8 Å². The van der Waals surface area contributed by atoms with E-state index in [1.54, 1.807) is 33.8 Å². The Hall–Kier alpha value is -2.58. The average Bonchev–Trinajstić information content (AvgIpc) is 3.07. The van der Waals surface area contributed by atoms with Gasteiger partial charge in [0.05, 0.1) is 10.6 Å². The number of benzene rings is 1. The van der Waals surface area contributed by atoms with E-state index in [9.17, 15) is 14.4 Å². The van der Waals surface area contributed by atoms with Crippen molar-refractivity contribution < 1.29 is 23.6 Å². The molecule has 2 amide bonds. The van der Waals surface area contributed by atoms with Gasteiger partial charge in [-0.15, -0.1) is 0 Å². The van der Waals surface area contributed by atoms with E-state index in [2.05, 4.69) is 15.8 Å². The molecule has 0 unspecified atom stereocenters. The third kappa shape index (κ3) is 6.21. The molecule has 1 heterocycles. The Balaban J connectivity index is 2.07. The molecule has 0 spiro atoms. The summed E-state index contributed by atoms with van der Waals surface area (Å²) in [6, 6.07) is 4.97. The highest BCUT2D eigenvalue weighted by Gasteiger charge is 2.31. The van der Waals surface area contributed by atoms with Gasteiger partial charge in [0.2, 0.25) is 0 Å². The van der Waals surface area contributed by atoms with Crippen LogP contribution in [0.3, 0.4) is 0 Å². The summed E-state index contributed by atoms with van der Waals surface area (Å²) < 4.78 is 10.3. The number of amides is 2. The lowest BCUT2D eigenvalue weighted by Crippen LogP contribution is -2.47. The van der Waals surface area contributed by atoms with E-state index in [1.807, 2.05) is 0 Å². The number of hydrogen-bond donors (Lipinski definition) is 2. The number of carbonyl (C=O) groups is 3. The highest BCUT2D eigenvalue weighted by Crippen LogP contribution is 2.21. The molecule has 162 valence electrons. The van der Waals surface area contributed by atoms with Crippen LogP contribution in [0.15, 0.2) is 28.8 Å². The van der Waals surface area contributed by atoms with E-state index in [0.29, 0.717) is 10.8 Å². The van der Waals surface area contributed by atoms with Gasteiger partial charge in [0, 0.05) is 11.1 Å². The normalized spacial score (nSPS) is 12.9. The molecule has 0 saturated heterocycles. The van der Waals surface area contributed by atoms with E-state index >= 15 is 0 Å². The lowest BCUT2D eigenvalue weighted by Gasteiger charge is -2.24. The van der Waals surface area contributed by atoms with Crippen molar-refractivity contribution in [2.24, 2.45) is 5.92 Å². The highest BCUT2D eigenvalue weighted by molar-refractivity contribution is 6.36. The molecule has 2 N–H and O–H groups in total. The number of carbonyl (C=O) groups excluding carboxylic acids is 3. The molecule has 0 saturated carbocycles. The van der Waals surface area contributed by atoms with Crippen LogP contribution in [0.4, 0.5) is 5.82 Å². The number of nitrogens with zero attached hydrogens (tertiary/aromatic N) is 1. The third-order valence-corrected chi connectivity index (χ3v) is 4.73. The fourth-order valence-electron chi connectivity index (χ4n) is 2.56. The van der Waals surface area contributed by atoms with E-state index in [4.69, 9.17) is 32.5 Å². The second kappa shape index (κ2) is 10.4. The van der Waals surface area contributed by atoms with Crippen LogP contribution in [0.1, 0.15) is 43.3 Å². The van der Waals surface area contributed by atoms with Crippen LogP contribution in [0.2, 0.25) is 10.0 Å². The van der Waals surface area contributed by atoms with Crippen molar-refractivity contribution in [1.29, 1.82) is 0 Å². The summed E-state index contributed by atoms with van der Waals surface area (Å²) in [6.07, 6.45) is -0.831. The van der Waals surface area contributed by atoms with E-state index in [1.165, 1.54) is 18.2 Å². The zero-order chi connectivity index (χ0) is 22.4. The molecule has 10 heteroatoms. The summed E-state index contributed by atoms with van der Waals surface area (Å²) >= 11 is 11.9. The van der Waals surface area contributed by atoms with Crippen LogP contribution in [-0.4, -0.2) is 35.1 Å². The predicted octanol–water partition coefficient (Wildman–Crippen LogP) is 4.00. The van der Waals surface area contributed by atoms with E-state index in [-0.39, 0.29) is 28.7 Å². The Morgan fingerprint density at radius 1 is 1.20 bits per heavy atom. The molecule has 2 rings (SSSR count). The van der Waals surface area contributed by atoms with Gasteiger partial charge in [0.25, 0.3) is 11.8 Å². The first-order valence-corrected chi connectivity index (χ1v) is 10.1. The molecular weight excluding hydrogens is 433 g/mol. The largest absolute Gasteiger partial charge is 0.451 e. The molecule has 1 aromatic carbocycles. The van der Waals surface area contributed by atoms with Crippen molar-refractivity contribution in [3.8, 4) is 0 Å². The van der Waals surface area contributed by atoms with Crippen LogP contribution in [0.25, 0.3) is 0 Å². The Kier molecular flexibility index (Phi) is 8.25. The van der Waals surface area contributed by atoms with Gasteiger partial charge in [0.1, 0.15) is 11.8 Å². The van der Waals surface area contributed by atoms with Gasteiger partial charge >= 0.3 is 5.97 Å². The van der Waals surface area contributed by atoms with Gasteiger partial charge in [-0.05, 0) is 37.5 Å². The molecule has 0 aliphatic carbocycles. The van der Waals surface area contributed by atoms with E-state index in [0.717, 1.165) is 0 Å². The SMILES string of the molecule is CC[C@H](OC(=O)[C@@H](NC(=O)c1ccc(Cl)cc1Cl)C(C)C)C(=O)Nc1cc(C)on1. The smallest absolute Gasteiger partial charge is 0.329 e. The maximum Gasteiger partial charge on any atom is 0.329 e. The summed E-state index contributed by atoms with van der Waals surface area (Å²) in [6.45, 7) is 6.87. The number of esters is 1. The molecule has 0 radical (unpaired) electrons. The number of anilines is 1. The van der Waals surface area contributed by atoms with Crippen molar-refractivity contribution in [3.05, 3.63) is 45.6 Å². The first kappa shape index (κ1) is 23.7. The predicted molar refractivity (Wildman–Crippen MR) is 113 cm³/mol. The molecule has 0 fully saturated rings. The molecule has 0 aliphatic heterocycles. The maximum absolute atomic E-state index is 12.7. The lowest BCUT2D eigenvalue weighted by atomic mass is 10.0. The van der Waals surface area contributed by atoms with Crippen molar-refractivity contribution in [2.75, 3.05) is 5.32 Å². The zero-order valence-corrected chi connectivity index (χ0v) is 18.5. The fraction of sp³-hybridized carbons (Fsp3) is 0.400. The van der Waals surface area contributed by atoms with Crippen LogP contribution >= 0.6 is 23.2 Å². The first-order valence-electron chi connectivity index (χ1n) is 9.33. The minimum atomic E-state index is -1.06. The second-order valence-electron chi connectivity index (χ2n) is 6.97. The summed E-state index contributed by atoms with van der Waals surface area (Å²) in [5, 5.41) is 9.36. The Labute approximate surface area is 184 Å².